The van der Waals surface area contributed by atoms with Gasteiger partial charge in [-0.3, -0.25) is 9.59 Å². The predicted molar refractivity (Wildman–Crippen MR) is 121 cm³/mol. The minimum Gasteiger partial charge on any atom is -0.506 e. The number of aromatic hydroxyl groups is 1. The second-order valence-corrected chi connectivity index (χ2v) is 7.93. The van der Waals surface area contributed by atoms with Gasteiger partial charge in [-0.25, -0.2) is 0 Å². The Balaban J connectivity index is 1.28. The minimum absolute atomic E-state index is 0.0662. The molecule has 1 aliphatic rings. The smallest absolute Gasteiger partial charge is 0.258 e. The highest BCUT2D eigenvalue weighted by atomic mass is 16.5. The fraction of sp³-hybridized carbons (Fsp3) is 0.200. The second kappa shape index (κ2) is 8.74. The number of nitrogens with one attached hydrogen (secondary N) is 1. The summed E-state index contributed by atoms with van der Waals surface area (Å²) < 4.78 is 5.24. The van der Waals surface area contributed by atoms with Crippen LogP contribution in [0.25, 0.3) is 22.2 Å². The zero-order valence-electron chi connectivity index (χ0n) is 17.8. The largest absolute Gasteiger partial charge is 0.506 e. The van der Waals surface area contributed by atoms with Crippen LogP contribution < -0.4 is 5.32 Å². The number of phenols is 1. The Morgan fingerprint density at radius 2 is 1.85 bits per heavy atom. The van der Waals surface area contributed by atoms with E-state index in [-0.39, 0.29) is 35.6 Å². The number of carbonyl (C=O) groups excluding carboxylic acids is 2. The zero-order valence-corrected chi connectivity index (χ0v) is 17.8. The highest BCUT2D eigenvalue weighted by Gasteiger charge is 2.35. The van der Waals surface area contributed by atoms with Crippen LogP contribution in [0.3, 0.4) is 0 Å². The van der Waals surface area contributed by atoms with Crippen molar-refractivity contribution in [1.29, 1.82) is 0 Å². The summed E-state index contributed by atoms with van der Waals surface area (Å²) in [5.74, 6) is 0.0126. The van der Waals surface area contributed by atoms with Gasteiger partial charge >= 0.3 is 0 Å². The van der Waals surface area contributed by atoms with Crippen LogP contribution in [-0.2, 0) is 11.3 Å². The van der Waals surface area contributed by atoms with Crippen molar-refractivity contribution in [3.8, 4) is 17.1 Å². The van der Waals surface area contributed by atoms with Crippen molar-refractivity contribution in [3.05, 3.63) is 78.2 Å². The lowest BCUT2D eigenvalue weighted by Crippen LogP contribution is -2.45. The van der Waals surface area contributed by atoms with E-state index in [1.807, 2.05) is 48.5 Å². The molecule has 8 heteroatoms. The third kappa shape index (κ3) is 4.03. The van der Waals surface area contributed by atoms with Gasteiger partial charge in [0.1, 0.15) is 11.8 Å². The number of carbonyl (C=O) groups is 2. The molecule has 1 aromatic heterocycles. The molecule has 1 fully saturated rings. The van der Waals surface area contributed by atoms with Gasteiger partial charge in [0.05, 0.1) is 12.1 Å². The van der Waals surface area contributed by atoms with Crippen LogP contribution >= 0.6 is 0 Å². The van der Waals surface area contributed by atoms with Crippen molar-refractivity contribution in [3.63, 3.8) is 0 Å². The minimum atomic E-state index is -0.625. The van der Waals surface area contributed by atoms with Gasteiger partial charge in [-0.15, -0.1) is 0 Å². The van der Waals surface area contributed by atoms with Crippen molar-refractivity contribution < 1.29 is 19.2 Å². The number of nitrogens with zero attached hydrogens (tertiary/aromatic N) is 3. The van der Waals surface area contributed by atoms with Gasteiger partial charge in [-0.2, -0.15) is 4.98 Å². The Bertz CT molecular complexity index is 1320. The number of likely N-dealkylation sites (tertiary alicyclic amines) is 1. The zero-order chi connectivity index (χ0) is 22.8. The van der Waals surface area contributed by atoms with Gasteiger partial charge in [0.15, 0.2) is 0 Å². The van der Waals surface area contributed by atoms with Gasteiger partial charge in [0.2, 0.25) is 17.6 Å². The average molecular weight is 442 g/mol. The molecule has 3 aromatic carbocycles. The third-order valence-electron chi connectivity index (χ3n) is 5.86. The first-order valence-corrected chi connectivity index (χ1v) is 10.8. The molecule has 1 aliphatic heterocycles. The summed E-state index contributed by atoms with van der Waals surface area (Å²) in [6, 6.07) is 19.5. The van der Waals surface area contributed by atoms with E-state index in [4.69, 9.17) is 4.52 Å². The van der Waals surface area contributed by atoms with Crippen molar-refractivity contribution >= 4 is 22.6 Å². The molecular formula is C25H22N4O4. The number of rotatable bonds is 5. The van der Waals surface area contributed by atoms with Crippen LogP contribution in [0.1, 0.15) is 29.1 Å². The summed E-state index contributed by atoms with van der Waals surface area (Å²) in [7, 11) is 0. The van der Waals surface area contributed by atoms with Crippen molar-refractivity contribution in [2.45, 2.75) is 25.4 Å². The van der Waals surface area contributed by atoms with Crippen LogP contribution in [0.15, 0.2) is 71.3 Å². The van der Waals surface area contributed by atoms with Crippen molar-refractivity contribution in [2.75, 3.05) is 6.54 Å². The standard InChI is InChI=1S/C25H22N4O4/c30-22-18-10-5-4-7-16(18)12-13-19(22)25(32)29-14-6-11-20(29)24(31)26-15-21-27-23(28-33-21)17-8-2-1-3-9-17/h1-5,7-10,12-13,20,30H,6,11,14-15H2,(H,26,31). The maximum absolute atomic E-state index is 13.2. The van der Waals surface area contributed by atoms with Gasteiger partial charge in [0.25, 0.3) is 5.91 Å². The van der Waals surface area contributed by atoms with E-state index in [0.717, 1.165) is 10.9 Å². The van der Waals surface area contributed by atoms with Gasteiger partial charge in [-0.1, -0.05) is 65.8 Å². The van der Waals surface area contributed by atoms with E-state index in [0.29, 0.717) is 30.6 Å². The van der Waals surface area contributed by atoms with Gasteiger partial charge in [-0.05, 0) is 24.3 Å². The van der Waals surface area contributed by atoms with Crippen molar-refractivity contribution in [1.82, 2.24) is 20.4 Å². The molecule has 0 bridgehead atoms. The number of hydrogen-bond acceptors (Lipinski definition) is 6. The van der Waals surface area contributed by atoms with Gasteiger partial charge in [0, 0.05) is 17.5 Å². The molecule has 0 spiro atoms. The first-order chi connectivity index (χ1) is 16.1. The number of fused-ring (bicyclic) bond motifs is 1. The van der Waals surface area contributed by atoms with E-state index >= 15 is 0 Å². The van der Waals surface area contributed by atoms with Crippen LogP contribution in [0, 0.1) is 0 Å². The average Bonchev–Trinajstić information content (AvgIpc) is 3.53. The molecule has 2 N–H and O–H groups in total. The van der Waals surface area contributed by atoms with E-state index in [9.17, 15) is 14.7 Å². The van der Waals surface area contributed by atoms with E-state index in [1.165, 1.54) is 4.90 Å². The lowest BCUT2D eigenvalue weighted by Gasteiger charge is -2.24. The maximum atomic E-state index is 13.2. The van der Waals surface area contributed by atoms with E-state index < -0.39 is 6.04 Å². The molecule has 0 aliphatic carbocycles. The number of phenolic OH excluding ortho intramolecular Hbond substituents is 1. The summed E-state index contributed by atoms with van der Waals surface area (Å²) >= 11 is 0. The molecule has 0 saturated carbocycles. The molecule has 5 rings (SSSR count). The third-order valence-corrected chi connectivity index (χ3v) is 5.86. The summed E-state index contributed by atoms with van der Waals surface area (Å²) in [4.78, 5) is 31.9. The summed E-state index contributed by atoms with van der Waals surface area (Å²) in [5, 5.41) is 18.9. The highest BCUT2D eigenvalue weighted by molar-refractivity contribution is 6.05. The molecule has 33 heavy (non-hydrogen) atoms. The molecule has 4 aromatic rings. The van der Waals surface area contributed by atoms with E-state index in [1.54, 1.807) is 18.2 Å². The lowest BCUT2D eigenvalue weighted by atomic mass is 10.0. The Morgan fingerprint density at radius 3 is 2.70 bits per heavy atom. The molecule has 2 heterocycles. The summed E-state index contributed by atoms with van der Waals surface area (Å²) in [6.07, 6.45) is 1.25. The Labute approximate surface area is 189 Å². The monoisotopic (exact) mass is 442 g/mol. The van der Waals surface area contributed by atoms with Crippen LogP contribution in [-0.4, -0.2) is 44.5 Å². The topological polar surface area (TPSA) is 109 Å². The molecule has 8 nitrogen and oxygen atoms in total. The van der Waals surface area contributed by atoms with E-state index in [2.05, 4.69) is 15.5 Å². The fourth-order valence-corrected chi connectivity index (χ4v) is 4.18. The maximum Gasteiger partial charge on any atom is 0.258 e. The first kappa shape index (κ1) is 20.7. The molecule has 0 radical (unpaired) electrons. The SMILES string of the molecule is O=C(NCc1nc(-c2ccccc2)no1)C1CCCN1C(=O)c1ccc2ccccc2c1O. The molecule has 166 valence electrons. The Kier molecular flexibility index (Phi) is 5.48. The van der Waals surface area contributed by atoms with Crippen LogP contribution in [0.5, 0.6) is 5.75 Å². The van der Waals surface area contributed by atoms with Crippen LogP contribution in [0.2, 0.25) is 0 Å². The molecule has 1 unspecified atom stereocenters. The number of benzene rings is 3. The predicted octanol–water partition coefficient (Wildman–Crippen LogP) is 3.52. The van der Waals surface area contributed by atoms with Gasteiger partial charge < -0.3 is 19.8 Å². The quantitative estimate of drug-likeness (QED) is 0.490. The summed E-state index contributed by atoms with van der Waals surface area (Å²) in [6.45, 7) is 0.514. The van der Waals surface area contributed by atoms with Crippen molar-refractivity contribution in [2.24, 2.45) is 0 Å². The summed E-state index contributed by atoms with van der Waals surface area (Å²) in [5.41, 5.74) is 1.01. The number of hydrogen-bond donors (Lipinski definition) is 2. The Hall–Kier alpha value is -4.20. The lowest BCUT2D eigenvalue weighted by molar-refractivity contribution is -0.125. The molecule has 2 amide bonds. The molecule has 1 saturated heterocycles. The second-order valence-electron chi connectivity index (χ2n) is 7.93. The van der Waals surface area contributed by atoms with Crippen LogP contribution in [0.4, 0.5) is 0 Å². The number of aromatic nitrogens is 2. The highest BCUT2D eigenvalue weighted by Crippen LogP contribution is 2.31. The fourth-order valence-electron chi connectivity index (χ4n) is 4.18. The first-order valence-electron chi connectivity index (χ1n) is 10.8. The molecular weight excluding hydrogens is 420 g/mol. The Morgan fingerprint density at radius 1 is 1.06 bits per heavy atom. The number of amides is 2. The molecule has 1 atom stereocenters. The normalized spacial score (nSPS) is 15.6.